The number of hydrogen-bond acceptors (Lipinski definition) is 2. The number of benzene rings is 1. The van der Waals surface area contributed by atoms with Crippen molar-refractivity contribution in [3.05, 3.63) is 66.0 Å². The molecule has 0 aliphatic heterocycles. The summed E-state index contributed by atoms with van der Waals surface area (Å²) in [6.07, 6.45) is 3.10. The first kappa shape index (κ1) is 13.3. The third kappa shape index (κ3) is 2.36. The van der Waals surface area contributed by atoms with Gasteiger partial charge in [-0.3, -0.25) is 4.98 Å². The molecule has 20 heavy (non-hydrogen) atoms. The molecule has 1 aliphatic rings. The lowest BCUT2D eigenvalue weighted by molar-refractivity contribution is 0.458. The molecule has 0 spiro atoms. The smallest absolute Gasteiger partial charge is 0.0541 e. The summed E-state index contributed by atoms with van der Waals surface area (Å²) < 4.78 is 0. The van der Waals surface area contributed by atoms with Gasteiger partial charge < -0.3 is 5.32 Å². The molecule has 1 aromatic carbocycles. The second-order valence-electron chi connectivity index (χ2n) is 6.43. The molecular formula is C18H22N2. The highest BCUT2D eigenvalue weighted by Crippen LogP contribution is 2.63. The van der Waals surface area contributed by atoms with Crippen molar-refractivity contribution in [1.29, 1.82) is 0 Å². The van der Waals surface area contributed by atoms with Crippen LogP contribution in [-0.2, 0) is 12.0 Å². The van der Waals surface area contributed by atoms with Gasteiger partial charge in [0.05, 0.1) is 5.69 Å². The van der Waals surface area contributed by atoms with E-state index in [9.17, 15) is 0 Å². The molecule has 2 heteroatoms. The van der Waals surface area contributed by atoms with E-state index in [1.165, 1.54) is 12.0 Å². The Morgan fingerprint density at radius 1 is 1.05 bits per heavy atom. The molecule has 3 rings (SSSR count). The minimum atomic E-state index is 0.281. The van der Waals surface area contributed by atoms with Crippen molar-refractivity contribution in [2.45, 2.75) is 32.2 Å². The largest absolute Gasteiger partial charge is 0.310 e. The Bertz CT molecular complexity index is 562. The minimum Gasteiger partial charge on any atom is -0.310 e. The van der Waals surface area contributed by atoms with Crippen LogP contribution in [0.3, 0.4) is 0 Å². The zero-order valence-corrected chi connectivity index (χ0v) is 12.3. The predicted molar refractivity (Wildman–Crippen MR) is 82.5 cm³/mol. The lowest BCUT2D eigenvalue weighted by Gasteiger charge is -2.22. The Labute approximate surface area is 121 Å². The molecule has 1 fully saturated rings. The van der Waals surface area contributed by atoms with Gasteiger partial charge in [0.1, 0.15) is 0 Å². The van der Waals surface area contributed by atoms with Crippen LogP contribution in [0.25, 0.3) is 0 Å². The Hall–Kier alpha value is -1.67. The molecule has 0 saturated heterocycles. The Balaban J connectivity index is 1.68. The molecule has 2 nitrogen and oxygen atoms in total. The van der Waals surface area contributed by atoms with E-state index in [2.05, 4.69) is 60.5 Å². The highest BCUT2D eigenvalue weighted by molar-refractivity contribution is 5.37. The summed E-state index contributed by atoms with van der Waals surface area (Å²) in [6, 6.07) is 17.0. The van der Waals surface area contributed by atoms with E-state index in [0.29, 0.717) is 5.41 Å². The summed E-state index contributed by atoms with van der Waals surface area (Å²) in [5.74, 6) is 0. The monoisotopic (exact) mass is 266 g/mol. The summed E-state index contributed by atoms with van der Waals surface area (Å²) >= 11 is 0. The van der Waals surface area contributed by atoms with Gasteiger partial charge in [0, 0.05) is 24.7 Å². The number of nitrogens with one attached hydrogen (secondary N) is 1. The van der Waals surface area contributed by atoms with Crippen molar-refractivity contribution in [1.82, 2.24) is 10.3 Å². The van der Waals surface area contributed by atoms with E-state index in [4.69, 9.17) is 0 Å². The number of nitrogens with zero attached hydrogens (tertiary/aromatic N) is 1. The van der Waals surface area contributed by atoms with Gasteiger partial charge in [0.15, 0.2) is 0 Å². The zero-order valence-electron chi connectivity index (χ0n) is 12.3. The molecule has 0 bridgehead atoms. The molecule has 1 aliphatic carbocycles. The van der Waals surface area contributed by atoms with E-state index in [1.807, 2.05) is 18.3 Å². The zero-order chi connectivity index (χ0) is 14.1. The number of hydrogen-bond donors (Lipinski definition) is 1. The lowest BCUT2D eigenvalue weighted by Crippen LogP contribution is -2.30. The second kappa shape index (κ2) is 5.02. The molecule has 0 amide bonds. The van der Waals surface area contributed by atoms with E-state index >= 15 is 0 Å². The van der Waals surface area contributed by atoms with Gasteiger partial charge in [-0.25, -0.2) is 0 Å². The molecule has 2 aromatic rings. The van der Waals surface area contributed by atoms with E-state index < -0.39 is 0 Å². The first-order valence-corrected chi connectivity index (χ1v) is 7.30. The summed E-state index contributed by atoms with van der Waals surface area (Å²) in [7, 11) is 0. The van der Waals surface area contributed by atoms with Crippen molar-refractivity contribution in [2.75, 3.05) is 6.54 Å². The summed E-state index contributed by atoms with van der Waals surface area (Å²) in [5.41, 5.74) is 3.22. The minimum absolute atomic E-state index is 0.281. The third-order valence-corrected chi connectivity index (χ3v) is 4.70. The van der Waals surface area contributed by atoms with Crippen LogP contribution in [0.2, 0.25) is 0 Å². The molecule has 1 N–H and O–H groups in total. The van der Waals surface area contributed by atoms with Crippen LogP contribution in [0.1, 0.15) is 31.5 Å². The van der Waals surface area contributed by atoms with Crippen LogP contribution in [-0.4, -0.2) is 11.5 Å². The summed E-state index contributed by atoms with van der Waals surface area (Å²) in [6.45, 7) is 6.58. The van der Waals surface area contributed by atoms with Crippen molar-refractivity contribution in [2.24, 2.45) is 5.41 Å². The lowest BCUT2D eigenvalue weighted by atomic mass is 9.88. The second-order valence-corrected chi connectivity index (χ2v) is 6.43. The third-order valence-electron chi connectivity index (χ3n) is 4.70. The van der Waals surface area contributed by atoms with Crippen molar-refractivity contribution >= 4 is 0 Å². The van der Waals surface area contributed by atoms with Gasteiger partial charge in [-0.05, 0) is 29.5 Å². The maximum Gasteiger partial charge on any atom is 0.0541 e. The van der Waals surface area contributed by atoms with Gasteiger partial charge in [0.25, 0.3) is 0 Å². The molecule has 1 atom stereocenters. The highest BCUT2D eigenvalue weighted by atomic mass is 14.9. The summed E-state index contributed by atoms with van der Waals surface area (Å²) in [4.78, 5) is 4.37. The number of pyridine rings is 1. The highest BCUT2D eigenvalue weighted by Gasteiger charge is 2.61. The Morgan fingerprint density at radius 3 is 2.35 bits per heavy atom. The average molecular weight is 266 g/mol. The Morgan fingerprint density at radius 2 is 1.75 bits per heavy atom. The van der Waals surface area contributed by atoms with Crippen LogP contribution in [0, 0.1) is 5.41 Å². The fourth-order valence-electron chi connectivity index (χ4n) is 3.27. The van der Waals surface area contributed by atoms with E-state index in [-0.39, 0.29) is 5.41 Å². The normalized spacial score (nSPS) is 23.5. The SMILES string of the molecule is CC1(C)CC1(CNCc1ccccn1)c1ccccc1. The van der Waals surface area contributed by atoms with Gasteiger partial charge in [-0.2, -0.15) is 0 Å². The molecule has 104 valence electrons. The van der Waals surface area contributed by atoms with E-state index in [0.717, 1.165) is 18.8 Å². The first-order chi connectivity index (χ1) is 9.64. The Kier molecular flexibility index (Phi) is 3.35. The molecule has 1 unspecified atom stereocenters. The fourth-order valence-corrected chi connectivity index (χ4v) is 3.27. The summed E-state index contributed by atoms with van der Waals surface area (Å²) in [5, 5.41) is 3.60. The van der Waals surface area contributed by atoms with Gasteiger partial charge in [-0.15, -0.1) is 0 Å². The maximum absolute atomic E-state index is 4.37. The first-order valence-electron chi connectivity index (χ1n) is 7.30. The number of rotatable bonds is 5. The molecule has 1 aromatic heterocycles. The van der Waals surface area contributed by atoms with Crippen LogP contribution < -0.4 is 5.32 Å². The molecular weight excluding hydrogens is 244 g/mol. The molecule has 0 radical (unpaired) electrons. The van der Waals surface area contributed by atoms with Crippen molar-refractivity contribution < 1.29 is 0 Å². The van der Waals surface area contributed by atoms with Crippen LogP contribution in [0.5, 0.6) is 0 Å². The van der Waals surface area contributed by atoms with Crippen LogP contribution >= 0.6 is 0 Å². The van der Waals surface area contributed by atoms with Crippen LogP contribution in [0.4, 0.5) is 0 Å². The van der Waals surface area contributed by atoms with Crippen molar-refractivity contribution in [3.63, 3.8) is 0 Å². The van der Waals surface area contributed by atoms with Crippen LogP contribution in [0.15, 0.2) is 54.7 Å². The average Bonchev–Trinajstić information content (AvgIpc) is 3.04. The topological polar surface area (TPSA) is 24.9 Å². The quantitative estimate of drug-likeness (QED) is 0.895. The maximum atomic E-state index is 4.37. The predicted octanol–water partition coefficient (Wildman–Crippen LogP) is 3.54. The number of aromatic nitrogens is 1. The fraction of sp³-hybridized carbons (Fsp3) is 0.389. The van der Waals surface area contributed by atoms with Crippen molar-refractivity contribution in [3.8, 4) is 0 Å². The van der Waals surface area contributed by atoms with Gasteiger partial charge in [0.2, 0.25) is 0 Å². The molecule has 1 saturated carbocycles. The standard InChI is InChI=1S/C18H22N2/c1-17(2)13-18(17,15-8-4-3-5-9-15)14-19-12-16-10-6-7-11-20-16/h3-11,19H,12-14H2,1-2H3. The van der Waals surface area contributed by atoms with E-state index in [1.54, 1.807) is 0 Å². The molecule has 1 heterocycles. The van der Waals surface area contributed by atoms with Gasteiger partial charge in [-0.1, -0.05) is 50.2 Å². The van der Waals surface area contributed by atoms with Gasteiger partial charge >= 0.3 is 0 Å².